The molecular formula is C14H24N2OS. The van der Waals surface area contributed by atoms with Crippen LogP contribution in [0.3, 0.4) is 0 Å². The standard InChI is InChI=1S/C14H24N2OS/c1-13(7-6-8-13)16-12(17)14(11(15)18)9-4-2-3-5-10-14/h2-10H2,1H3,(H2,15,18)(H,16,17). The van der Waals surface area contributed by atoms with Crippen LogP contribution in [0.2, 0.25) is 0 Å². The maximum absolute atomic E-state index is 12.6. The molecule has 18 heavy (non-hydrogen) atoms. The van der Waals surface area contributed by atoms with Crippen molar-refractivity contribution in [3.8, 4) is 0 Å². The van der Waals surface area contributed by atoms with Gasteiger partial charge in [-0.3, -0.25) is 4.79 Å². The van der Waals surface area contributed by atoms with Crippen molar-refractivity contribution in [3.63, 3.8) is 0 Å². The fourth-order valence-electron chi connectivity index (χ4n) is 3.14. The summed E-state index contributed by atoms with van der Waals surface area (Å²) in [7, 11) is 0. The van der Waals surface area contributed by atoms with Gasteiger partial charge in [0.05, 0.1) is 10.4 Å². The van der Waals surface area contributed by atoms with Crippen molar-refractivity contribution in [2.45, 2.75) is 70.3 Å². The van der Waals surface area contributed by atoms with Crippen molar-refractivity contribution in [2.75, 3.05) is 0 Å². The predicted octanol–water partition coefficient (Wildman–Crippen LogP) is 2.67. The summed E-state index contributed by atoms with van der Waals surface area (Å²) >= 11 is 5.22. The predicted molar refractivity (Wildman–Crippen MR) is 77.3 cm³/mol. The molecule has 0 aliphatic heterocycles. The molecule has 3 N–H and O–H groups in total. The first kappa shape index (κ1) is 13.8. The van der Waals surface area contributed by atoms with Gasteiger partial charge in [-0.05, 0) is 39.0 Å². The molecule has 2 saturated carbocycles. The van der Waals surface area contributed by atoms with Gasteiger partial charge in [-0.2, -0.15) is 0 Å². The lowest BCUT2D eigenvalue weighted by Gasteiger charge is -2.42. The number of amides is 1. The molecule has 0 radical (unpaired) electrons. The Morgan fingerprint density at radius 3 is 2.00 bits per heavy atom. The lowest BCUT2D eigenvalue weighted by molar-refractivity contribution is -0.131. The zero-order valence-corrected chi connectivity index (χ0v) is 12.1. The summed E-state index contributed by atoms with van der Waals surface area (Å²) < 4.78 is 0. The van der Waals surface area contributed by atoms with E-state index in [2.05, 4.69) is 12.2 Å². The van der Waals surface area contributed by atoms with Crippen LogP contribution in [0.25, 0.3) is 0 Å². The van der Waals surface area contributed by atoms with E-state index in [0.717, 1.165) is 38.5 Å². The van der Waals surface area contributed by atoms with Crippen LogP contribution in [-0.2, 0) is 4.79 Å². The number of hydrogen-bond acceptors (Lipinski definition) is 2. The summed E-state index contributed by atoms with van der Waals surface area (Å²) in [4.78, 5) is 13.0. The second kappa shape index (κ2) is 5.16. The van der Waals surface area contributed by atoms with Crippen LogP contribution in [0.1, 0.15) is 64.7 Å². The molecule has 2 aliphatic carbocycles. The van der Waals surface area contributed by atoms with Gasteiger partial charge in [0.1, 0.15) is 0 Å². The molecule has 0 bridgehead atoms. The van der Waals surface area contributed by atoms with E-state index < -0.39 is 5.41 Å². The molecule has 4 heteroatoms. The minimum Gasteiger partial charge on any atom is -0.392 e. The molecule has 0 unspecified atom stereocenters. The third-order valence-corrected chi connectivity index (χ3v) is 5.13. The number of carbonyl (C=O) groups is 1. The summed E-state index contributed by atoms with van der Waals surface area (Å²) in [5.41, 5.74) is 5.33. The highest BCUT2D eigenvalue weighted by atomic mass is 32.1. The Morgan fingerprint density at radius 1 is 1.06 bits per heavy atom. The number of rotatable bonds is 3. The number of thiocarbonyl (C=S) groups is 1. The monoisotopic (exact) mass is 268 g/mol. The Kier molecular flexibility index (Phi) is 3.95. The molecule has 2 fully saturated rings. The van der Waals surface area contributed by atoms with E-state index in [1.54, 1.807) is 0 Å². The highest BCUT2D eigenvalue weighted by molar-refractivity contribution is 7.80. The van der Waals surface area contributed by atoms with E-state index in [4.69, 9.17) is 18.0 Å². The van der Waals surface area contributed by atoms with Crippen LogP contribution in [0, 0.1) is 5.41 Å². The summed E-state index contributed by atoms with van der Waals surface area (Å²) in [6.45, 7) is 2.12. The van der Waals surface area contributed by atoms with Gasteiger partial charge in [0.15, 0.2) is 0 Å². The molecule has 0 saturated heterocycles. The van der Waals surface area contributed by atoms with E-state index >= 15 is 0 Å². The molecule has 1 amide bonds. The quantitative estimate of drug-likeness (QED) is 0.611. The van der Waals surface area contributed by atoms with Crippen molar-refractivity contribution in [1.29, 1.82) is 0 Å². The molecule has 0 heterocycles. The second-order valence-electron chi connectivity index (χ2n) is 6.23. The first-order valence-corrected chi connectivity index (χ1v) is 7.52. The topological polar surface area (TPSA) is 55.1 Å². The van der Waals surface area contributed by atoms with Crippen molar-refractivity contribution >= 4 is 23.1 Å². The third-order valence-electron chi connectivity index (χ3n) is 4.74. The van der Waals surface area contributed by atoms with Crippen LogP contribution in [0.15, 0.2) is 0 Å². The Hall–Kier alpha value is -0.640. The maximum atomic E-state index is 12.6. The van der Waals surface area contributed by atoms with Crippen molar-refractivity contribution in [1.82, 2.24) is 5.32 Å². The molecular weight excluding hydrogens is 244 g/mol. The minimum atomic E-state index is -0.579. The van der Waals surface area contributed by atoms with Crippen LogP contribution in [0.5, 0.6) is 0 Å². The van der Waals surface area contributed by atoms with Crippen LogP contribution < -0.4 is 11.1 Å². The molecule has 0 spiro atoms. The average Bonchev–Trinajstić information content (AvgIpc) is 2.53. The fourth-order valence-corrected chi connectivity index (χ4v) is 3.44. The molecule has 102 valence electrons. The summed E-state index contributed by atoms with van der Waals surface area (Å²) in [6.07, 6.45) is 9.50. The summed E-state index contributed by atoms with van der Waals surface area (Å²) in [5, 5.41) is 3.21. The first-order valence-electron chi connectivity index (χ1n) is 7.11. The van der Waals surface area contributed by atoms with Gasteiger partial charge in [-0.25, -0.2) is 0 Å². The third kappa shape index (κ3) is 2.53. The molecule has 2 rings (SSSR count). The molecule has 3 nitrogen and oxygen atoms in total. The number of nitrogens with one attached hydrogen (secondary N) is 1. The Bertz CT molecular complexity index is 342. The average molecular weight is 268 g/mol. The Morgan fingerprint density at radius 2 is 1.61 bits per heavy atom. The zero-order valence-electron chi connectivity index (χ0n) is 11.3. The Balaban J connectivity index is 2.12. The Labute approximate surface area is 115 Å². The van der Waals surface area contributed by atoms with Crippen molar-refractivity contribution in [3.05, 3.63) is 0 Å². The van der Waals surface area contributed by atoms with E-state index in [-0.39, 0.29) is 11.4 Å². The van der Waals surface area contributed by atoms with E-state index in [9.17, 15) is 4.79 Å². The largest absolute Gasteiger partial charge is 0.392 e. The second-order valence-corrected chi connectivity index (χ2v) is 6.67. The van der Waals surface area contributed by atoms with Gasteiger partial charge in [-0.1, -0.05) is 37.9 Å². The minimum absolute atomic E-state index is 0.0127. The molecule has 0 aromatic rings. The zero-order chi connectivity index (χ0) is 13.2. The smallest absolute Gasteiger partial charge is 0.233 e. The van der Waals surface area contributed by atoms with Crippen molar-refractivity contribution in [2.24, 2.45) is 11.1 Å². The first-order chi connectivity index (χ1) is 8.49. The van der Waals surface area contributed by atoms with Crippen molar-refractivity contribution < 1.29 is 4.79 Å². The van der Waals surface area contributed by atoms with E-state index in [1.807, 2.05) is 0 Å². The lowest BCUT2D eigenvalue weighted by Crippen LogP contribution is -2.58. The van der Waals surface area contributed by atoms with Crippen LogP contribution in [-0.4, -0.2) is 16.4 Å². The highest BCUT2D eigenvalue weighted by Crippen LogP contribution is 2.38. The van der Waals surface area contributed by atoms with Gasteiger partial charge in [0.2, 0.25) is 5.91 Å². The summed E-state index contributed by atoms with van der Waals surface area (Å²) in [5.74, 6) is 0.0825. The molecule has 0 atom stereocenters. The van der Waals surface area contributed by atoms with Gasteiger partial charge in [0.25, 0.3) is 0 Å². The van der Waals surface area contributed by atoms with Crippen LogP contribution >= 0.6 is 12.2 Å². The van der Waals surface area contributed by atoms with E-state index in [1.165, 1.54) is 19.3 Å². The van der Waals surface area contributed by atoms with E-state index in [0.29, 0.717) is 4.99 Å². The number of hydrogen-bond donors (Lipinski definition) is 2. The maximum Gasteiger partial charge on any atom is 0.233 e. The molecule has 0 aromatic carbocycles. The normalized spacial score (nSPS) is 25.6. The SMILES string of the molecule is CC1(NC(=O)C2(C(N)=S)CCCCCC2)CCC1. The van der Waals surface area contributed by atoms with Crippen LogP contribution in [0.4, 0.5) is 0 Å². The highest BCUT2D eigenvalue weighted by Gasteiger charge is 2.45. The van der Waals surface area contributed by atoms with Gasteiger partial charge in [0, 0.05) is 5.54 Å². The van der Waals surface area contributed by atoms with Gasteiger partial charge in [-0.15, -0.1) is 0 Å². The fraction of sp³-hybridized carbons (Fsp3) is 0.857. The number of carbonyl (C=O) groups excluding carboxylic acids is 1. The number of nitrogens with two attached hydrogens (primary N) is 1. The van der Waals surface area contributed by atoms with Gasteiger partial charge < -0.3 is 11.1 Å². The molecule has 2 aliphatic rings. The molecule has 0 aromatic heterocycles. The van der Waals surface area contributed by atoms with Gasteiger partial charge >= 0.3 is 0 Å². The summed E-state index contributed by atoms with van der Waals surface area (Å²) in [6, 6.07) is 0. The lowest BCUT2D eigenvalue weighted by atomic mass is 9.74.